The minimum Gasteiger partial charge on any atom is -0.448 e. The van der Waals surface area contributed by atoms with Crippen LogP contribution < -0.4 is 10.1 Å². The van der Waals surface area contributed by atoms with E-state index in [0.29, 0.717) is 18.8 Å². The minimum atomic E-state index is -0.639. The maximum Gasteiger partial charge on any atom is 0.415 e. The Bertz CT molecular complexity index is 511. The Labute approximate surface area is 149 Å². The molecule has 0 radical (unpaired) electrons. The molecule has 0 aliphatic heterocycles. The summed E-state index contributed by atoms with van der Waals surface area (Å²) in [6, 6.07) is 6.36. The van der Waals surface area contributed by atoms with Crippen LogP contribution in [0, 0.1) is 0 Å². The second-order valence-electron chi connectivity index (χ2n) is 4.21. The lowest BCUT2D eigenvalue weighted by molar-refractivity contribution is 0.158. The summed E-state index contributed by atoms with van der Waals surface area (Å²) in [5.41, 5.74) is 0.427. The molecular formula is C14H17Cl3N2O4. The van der Waals surface area contributed by atoms with Gasteiger partial charge in [-0.2, -0.15) is 0 Å². The molecule has 2 amide bonds. The van der Waals surface area contributed by atoms with E-state index >= 15 is 0 Å². The third-order valence-corrected chi connectivity index (χ3v) is 3.06. The van der Waals surface area contributed by atoms with Crippen LogP contribution in [0.4, 0.5) is 15.3 Å². The van der Waals surface area contributed by atoms with Crippen LogP contribution in [0.15, 0.2) is 24.3 Å². The van der Waals surface area contributed by atoms with Gasteiger partial charge in [0, 0.05) is 36.6 Å². The highest BCUT2D eigenvalue weighted by Gasteiger charge is 2.15. The van der Waals surface area contributed by atoms with Gasteiger partial charge >= 0.3 is 12.2 Å². The first-order valence-electron chi connectivity index (χ1n) is 6.79. The highest BCUT2D eigenvalue weighted by molar-refractivity contribution is 6.18. The van der Waals surface area contributed by atoms with Gasteiger partial charge < -0.3 is 14.4 Å². The molecule has 0 aliphatic carbocycles. The summed E-state index contributed by atoms with van der Waals surface area (Å²) in [7, 11) is 0. The number of anilines is 1. The summed E-state index contributed by atoms with van der Waals surface area (Å²) < 4.78 is 10.0. The minimum absolute atomic E-state index is 0.105. The highest BCUT2D eigenvalue weighted by Crippen LogP contribution is 2.18. The molecule has 0 unspecified atom stereocenters. The number of rotatable bonds is 8. The van der Waals surface area contributed by atoms with Crippen molar-refractivity contribution >= 4 is 52.7 Å². The predicted molar refractivity (Wildman–Crippen MR) is 91.2 cm³/mol. The monoisotopic (exact) mass is 382 g/mol. The second-order valence-corrected chi connectivity index (χ2v) is 5.34. The lowest BCUT2D eigenvalue weighted by Crippen LogP contribution is -2.36. The normalized spacial score (nSPS) is 10.0. The van der Waals surface area contributed by atoms with Gasteiger partial charge in [-0.25, -0.2) is 9.59 Å². The molecule has 0 aliphatic rings. The number of nitrogens with one attached hydrogen (secondary N) is 1. The number of hydrogen-bond acceptors (Lipinski definition) is 4. The van der Waals surface area contributed by atoms with Crippen LogP contribution >= 0.6 is 34.8 Å². The first-order chi connectivity index (χ1) is 11.1. The number of hydrogen-bond donors (Lipinski definition) is 1. The maximum absolute atomic E-state index is 12.0. The van der Waals surface area contributed by atoms with Gasteiger partial charge in [0.25, 0.3) is 0 Å². The molecular weight excluding hydrogens is 367 g/mol. The van der Waals surface area contributed by atoms with Gasteiger partial charge in [-0.15, -0.1) is 34.8 Å². The van der Waals surface area contributed by atoms with Crippen LogP contribution in [0.3, 0.4) is 0 Å². The number of carbonyl (C=O) groups excluding carboxylic acids is 2. The summed E-state index contributed by atoms with van der Waals surface area (Å²) in [5, 5.41) is 2.50. The van der Waals surface area contributed by atoms with Crippen molar-refractivity contribution in [2.45, 2.75) is 0 Å². The van der Waals surface area contributed by atoms with E-state index in [0.717, 1.165) is 0 Å². The van der Waals surface area contributed by atoms with Crippen molar-refractivity contribution < 1.29 is 19.1 Å². The van der Waals surface area contributed by atoms with Crippen LogP contribution in [0.2, 0.25) is 0 Å². The number of ether oxygens (including phenoxy) is 2. The number of amides is 2. The van der Waals surface area contributed by atoms with E-state index in [1.165, 1.54) is 11.0 Å². The molecule has 0 spiro atoms. The number of halogens is 3. The van der Waals surface area contributed by atoms with Crippen molar-refractivity contribution in [2.24, 2.45) is 0 Å². The molecule has 6 nitrogen and oxygen atoms in total. The van der Waals surface area contributed by atoms with Crippen LogP contribution in [-0.4, -0.2) is 54.4 Å². The molecule has 0 aromatic heterocycles. The van der Waals surface area contributed by atoms with Crippen molar-refractivity contribution in [1.82, 2.24) is 4.90 Å². The Morgan fingerprint density at radius 1 is 1.09 bits per heavy atom. The smallest absolute Gasteiger partial charge is 0.415 e. The molecule has 1 aromatic rings. The zero-order chi connectivity index (χ0) is 17.1. The van der Waals surface area contributed by atoms with Crippen molar-refractivity contribution in [3.63, 3.8) is 0 Å². The second kappa shape index (κ2) is 11.2. The van der Waals surface area contributed by atoms with E-state index in [1.807, 2.05) is 0 Å². The van der Waals surface area contributed by atoms with Gasteiger partial charge in [0.2, 0.25) is 0 Å². The van der Waals surface area contributed by atoms with Crippen LogP contribution in [-0.2, 0) is 4.74 Å². The lowest BCUT2D eigenvalue weighted by Gasteiger charge is -2.19. The van der Waals surface area contributed by atoms with Crippen molar-refractivity contribution in [1.29, 1.82) is 0 Å². The van der Waals surface area contributed by atoms with Crippen LogP contribution in [0.25, 0.3) is 0 Å². The van der Waals surface area contributed by atoms with Gasteiger partial charge in [0.05, 0.1) is 5.88 Å². The van der Waals surface area contributed by atoms with E-state index < -0.39 is 12.2 Å². The molecule has 1 N–H and O–H groups in total. The zero-order valence-electron chi connectivity index (χ0n) is 12.3. The van der Waals surface area contributed by atoms with Crippen LogP contribution in [0.5, 0.6) is 5.75 Å². The molecule has 23 heavy (non-hydrogen) atoms. The summed E-state index contributed by atoms with van der Waals surface area (Å²) in [5.74, 6) is 1.04. The van der Waals surface area contributed by atoms with Crippen LogP contribution in [0.1, 0.15) is 0 Å². The molecule has 0 bridgehead atoms. The standard InChI is InChI=1S/C14H17Cl3N2O4/c15-4-7-19(8-5-16)14(21)23-12-3-1-2-11(10-12)18-13(20)22-9-6-17/h1-3,10H,4-9H2,(H,18,20). The Balaban J connectivity index is 2.65. The third kappa shape index (κ3) is 7.63. The lowest BCUT2D eigenvalue weighted by atomic mass is 10.3. The Morgan fingerprint density at radius 3 is 2.39 bits per heavy atom. The number of carbonyl (C=O) groups is 2. The Hall–Kier alpha value is -1.37. The molecule has 1 aromatic carbocycles. The molecule has 0 saturated carbocycles. The molecule has 1 rings (SSSR count). The average Bonchev–Trinajstić information content (AvgIpc) is 2.53. The predicted octanol–water partition coefficient (Wildman–Crippen LogP) is 3.75. The SMILES string of the molecule is O=C(Nc1cccc(OC(=O)N(CCCl)CCCl)c1)OCCCl. The highest BCUT2D eigenvalue weighted by atomic mass is 35.5. The molecule has 0 saturated heterocycles. The van der Waals surface area contributed by atoms with Gasteiger partial charge in [0.15, 0.2) is 0 Å². The van der Waals surface area contributed by atoms with E-state index in [-0.39, 0.29) is 30.0 Å². The zero-order valence-corrected chi connectivity index (χ0v) is 14.5. The third-order valence-electron chi connectivity index (χ3n) is 2.56. The van der Waals surface area contributed by atoms with E-state index in [9.17, 15) is 9.59 Å². The number of benzene rings is 1. The topological polar surface area (TPSA) is 67.9 Å². The molecule has 9 heteroatoms. The Morgan fingerprint density at radius 2 is 1.78 bits per heavy atom. The summed E-state index contributed by atoms with van der Waals surface area (Å²) in [4.78, 5) is 24.9. The Kier molecular flexibility index (Phi) is 9.59. The van der Waals surface area contributed by atoms with E-state index in [1.54, 1.807) is 18.2 Å². The van der Waals surface area contributed by atoms with Crippen molar-refractivity contribution in [3.8, 4) is 5.75 Å². The molecule has 0 atom stereocenters. The van der Waals surface area contributed by atoms with E-state index in [2.05, 4.69) is 5.32 Å². The average molecular weight is 384 g/mol. The van der Waals surface area contributed by atoms with Crippen molar-refractivity contribution in [2.75, 3.05) is 42.7 Å². The van der Waals surface area contributed by atoms with Gasteiger partial charge in [-0.05, 0) is 12.1 Å². The number of alkyl halides is 3. The summed E-state index contributed by atoms with van der Waals surface area (Å²) >= 11 is 16.7. The quantitative estimate of drug-likeness (QED) is 0.694. The van der Waals surface area contributed by atoms with Crippen molar-refractivity contribution in [3.05, 3.63) is 24.3 Å². The summed E-state index contributed by atoms with van der Waals surface area (Å²) in [6.45, 7) is 0.763. The van der Waals surface area contributed by atoms with Gasteiger partial charge in [-0.1, -0.05) is 6.07 Å². The molecule has 0 fully saturated rings. The summed E-state index contributed by atoms with van der Waals surface area (Å²) in [6.07, 6.45) is -1.20. The molecule has 0 heterocycles. The first-order valence-corrected chi connectivity index (χ1v) is 8.39. The fourth-order valence-corrected chi connectivity index (χ4v) is 2.07. The maximum atomic E-state index is 12.0. The van der Waals surface area contributed by atoms with Gasteiger partial charge in [-0.3, -0.25) is 5.32 Å². The van der Waals surface area contributed by atoms with Gasteiger partial charge in [0.1, 0.15) is 12.4 Å². The fraction of sp³-hybridized carbons (Fsp3) is 0.429. The number of nitrogens with zero attached hydrogens (tertiary/aromatic N) is 1. The molecule has 128 valence electrons. The first kappa shape index (κ1) is 19.7. The van der Waals surface area contributed by atoms with E-state index in [4.69, 9.17) is 44.3 Å². The fourth-order valence-electron chi connectivity index (χ4n) is 1.59. The largest absolute Gasteiger partial charge is 0.448 e.